The lowest BCUT2D eigenvalue weighted by molar-refractivity contribution is -0.242. The van der Waals surface area contributed by atoms with Gasteiger partial charge in [0.25, 0.3) is 0 Å². The maximum atomic E-state index is 12.8. The minimum absolute atomic E-state index is 0.261. The fourth-order valence-electron chi connectivity index (χ4n) is 2.76. The van der Waals surface area contributed by atoms with Crippen LogP contribution in [0.5, 0.6) is 0 Å². The number of nitrogens with zero attached hydrogens (tertiary/aromatic N) is 1. The van der Waals surface area contributed by atoms with Crippen LogP contribution in [0.15, 0.2) is 24.6 Å². The highest BCUT2D eigenvalue weighted by Crippen LogP contribution is 2.33. The topological polar surface area (TPSA) is 72.5 Å². The smallest absolute Gasteiger partial charge is 0.427 e. The standard InChI is InChI=1S/C19H26F3N3O3/c1-5-27-12(2)6-7-13-8-15-16(23-10-13)9-14(11-24-15)25-17(26)28-18(3,4)19(20,21)22/h9,11,13,23H,2,5-8,10H2,1,3-4H3,(H,25,26)/t13-/m0/s1. The minimum atomic E-state index is -4.66. The average molecular weight is 401 g/mol. The van der Waals surface area contributed by atoms with E-state index in [0.29, 0.717) is 12.5 Å². The molecule has 0 bridgehead atoms. The predicted octanol–water partition coefficient (Wildman–Crippen LogP) is 4.89. The molecule has 2 N–H and O–H groups in total. The number of allylic oxidation sites excluding steroid dienone is 1. The van der Waals surface area contributed by atoms with Gasteiger partial charge in [-0.25, -0.2) is 4.79 Å². The zero-order valence-corrected chi connectivity index (χ0v) is 16.3. The molecule has 0 aromatic carbocycles. The SMILES string of the molecule is C=C(CC[C@@H]1CNc2cc(NC(=O)OC(C)(C)C(F)(F)F)cnc2C1)OCC. The van der Waals surface area contributed by atoms with Crippen molar-refractivity contribution in [3.05, 3.63) is 30.3 Å². The van der Waals surface area contributed by atoms with Crippen LogP contribution in [-0.2, 0) is 15.9 Å². The number of alkyl halides is 3. The first-order valence-electron chi connectivity index (χ1n) is 9.12. The van der Waals surface area contributed by atoms with E-state index in [2.05, 4.69) is 26.9 Å². The number of rotatable bonds is 7. The van der Waals surface area contributed by atoms with Gasteiger partial charge >= 0.3 is 12.3 Å². The first-order valence-corrected chi connectivity index (χ1v) is 9.12. The van der Waals surface area contributed by atoms with Crippen molar-refractivity contribution >= 4 is 17.5 Å². The first kappa shape index (κ1) is 21.8. The van der Waals surface area contributed by atoms with Crippen LogP contribution in [0.3, 0.4) is 0 Å². The number of aromatic nitrogens is 1. The van der Waals surface area contributed by atoms with E-state index < -0.39 is 17.9 Å². The molecule has 1 amide bonds. The highest BCUT2D eigenvalue weighted by molar-refractivity contribution is 5.85. The Kier molecular flexibility index (Phi) is 6.79. The summed E-state index contributed by atoms with van der Waals surface area (Å²) in [7, 11) is 0. The van der Waals surface area contributed by atoms with Crippen molar-refractivity contribution in [1.29, 1.82) is 0 Å². The van der Waals surface area contributed by atoms with E-state index in [1.807, 2.05) is 6.92 Å². The number of hydrogen-bond acceptors (Lipinski definition) is 5. The monoisotopic (exact) mass is 401 g/mol. The second-order valence-corrected chi connectivity index (χ2v) is 7.20. The molecule has 1 aromatic rings. The van der Waals surface area contributed by atoms with Gasteiger partial charge in [-0.15, -0.1) is 0 Å². The van der Waals surface area contributed by atoms with Crippen LogP contribution >= 0.6 is 0 Å². The Labute approximate surface area is 162 Å². The molecular weight excluding hydrogens is 375 g/mol. The molecule has 0 unspecified atom stereocenters. The largest absolute Gasteiger partial charge is 0.499 e. The van der Waals surface area contributed by atoms with Crippen molar-refractivity contribution in [2.45, 2.75) is 51.8 Å². The Hall–Kier alpha value is -2.45. The van der Waals surface area contributed by atoms with Gasteiger partial charge in [0.1, 0.15) is 0 Å². The summed E-state index contributed by atoms with van der Waals surface area (Å²) in [5.41, 5.74) is -0.742. The normalized spacial score (nSPS) is 16.6. The molecular formula is C19H26F3N3O3. The van der Waals surface area contributed by atoms with E-state index in [1.54, 1.807) is 6.07 Å². The minimum Gasteiger partial charge on any atom is -0.499 e. The lowest BCUT2D eigenvalue weighted by Gasteiger charge is -2.28. The number of carbonyl (C=O) groups excluding carboxylic acids is 1. The number of anilines is 2. The Morgan fingerprint density at radius 1 is 1.43 bits per heavy atom. The summed E-state index contributed by atoms with van der Waals surface area (Å²) in [5, 5.41) is 5.54. The molecule has 1 aliphatic rings. The van der Waals surface area contributed by atoms with Crippen LogP contribution in [-0.4, -0.2) is 36.0 Å². The van der Waals surface area contributed by atoms with Crippen LogP contribution < -0.4 is 10.6 Å². The summed E-state index contributed by atoms with van der Waals surface area (Å²) in [6.07, 6.45) is -2.01. The molecule has 6 nitrogen and oxygen atoms in total. The van der Waals surface area contributed by atoms with E-state index in [1.165, 1.54) is 6.20 Å². The third-order valence-corrected chi connectivity index (χ3v) is 4.49. The second-order valence-electron chi connectivity index (χ2n) is 7.20. The first-order chi connectivity index (χ1) is 13.0. The van der Waals surface area contributed by atoms with E-state index in [9.17, 15) is 18.0 Å². The van der Waals surface area contributed by atoms with Crippen molar-refractivity contribution < 1.29 is 27.4 Å². The molecule has 1 aromatic heterocycles. The molecule has 2 rings (SSSR count). The van der Waals surface area contributed by atoms with E-state index in [0.717, 1.165) is 56.8 Å². The molecule has 0 aliphatic carbocycles. The summed E-state index contributed by atoms with van der Waals surface area (Å²) in [4.78, 5) is 16.1. The van der Waals surface area contributed by atoms with E-state index >= 15 is 0 Å². The van der Waals surface area contributed by atoms with Crippen molar-refractivity contribution in [1.82, 2.24) is 4.98 Å². The van der Waals surface area contributed by atoms with E-state index in [4.69, 9.17) is 4.74 Å². The van der Waals surface area contributed by atoms with Crippen LogP contribution in [0.2, 0.25) is 0 Å². The zero-order chi connectivity index (χ0) is 20.9. The highest BCUT2D eigenvalue weighted by atomic mass is 19.4. The van der Waals surface area contributed by atoms with Crippen LogP contribution in [0.4, 0.5) is 29.3 Å². The number of pyridine rings is 1. The third kappa shape index (κ3) is 5.77. The van der Waals surface area contributed by atoms with Gasteiger partial charge in [-0.3, -0.25) is 10.3 Å². The molecule has 0 saturated heterocycles. The Balaban J connectivity index is 1.93. The molecule has 0 radical (unpaired) electrons. The lowest BCUT2D eigenvalue weighted by Crippen LogP contribution is -2.44. The van der Waals surface area contributed by atoms with Crippen molar-refractivity contribution in [2.75, 3.05) is 23.8 Å². The summed E-state index contributed by atoms with van der Waals surface area (Å²) < 4.78 is 48.3. The van der Waals surface area contributed by atoms with E-state index in [-0.39, 0.29) is 5.69 Å². The Morgan fingerprint density at radius 2 is 2.14 bits per heavy atom. The molecule has 1 atom stereocenters. The average Bonchev–Trinajstić information content (AvgIpc) is 2.58. The molecule has 156 valence electrons. The predicted molar refractivity (Wildman–Crippen MR) is 100 cm³/mol. The van der Waals surface area contributed by atoms with Gasteiger partial charge in [-0.1, -0.05) is 6.58 Å². The fraction of sp³-hybridized carbons (Fsp3) is 0.579. The van der Waals surface area contributed by atoms with Crippen molar-refractivity contribution in [3.63, 3.8) is 0 Å². The number of nitrogens with one attached hydrogen (secondary N) is 2. The molecule has 0 saturated carbocycles. The number of carbonyl (C=O) groups is 1. The molecule has 9 heteroatoms. The third-order valence-electron chi connectivity index (χ3n) is 4.49. The number of fused-ring (bicyclic) bond motifs is 1. The number of ether oxygens (including phenoxy) is 2. The summed E-state index contributed by atoms with van der Waals surface area (Å²) >= 11 is 0. The van der Waals surface area contributed by atoms with Gasteiger partial charge in [-0.05, 0) is 45.6 Å². The van der Waals surface area contributed by atoms with Gasteiger partial charge in [0.05, 0.1) is 35.6 Å². The summed E-state index contributed by atoms with van der Waals surface area (Å²) in [5.74, 6) is 1.13. The maximum absolute atomic E-state index is 12.8. The molecule has 0 fully saturated rings. The molecule has 1 aliphatic heterocycles. The lowest BCUT2D eigenvalue weighted by atomic mass is 9.93. The van der Waals surface area contributed by atoms with Gasteiger partial charge in [-0.2, -0.15) is 13.2 Å². The van der Waals surface area contributed by atoms with Gasteiger partial charge in [0, 0.05) is 13.0 Å². The van der Waals surface area contributed by atoms with Crippen molar-refractivity contribution in [3.8, 4) is 0 Å². The Bertz CT molecular complexity index is 720. The quantitative estimate of drug-likeness (QED) is 0.637. The number of hydrogen-bond donors (Lipinski definition) is 2. The second kappa shape index (κ2) is 8.70. The Morgan fingerprint density at radius 3 is 2.79 bits per heavy atom. The summed E-state index contributed by atoms with van der Waals surface area (Å²) in [6.45, 7) is 8.70. The highest BCUT2D eigenvalue weighted by Gasteiger charge is 2.51. The van der Waals surface area contributed by atoms with Gasteiger partial charge < -0.3 is 14.8 Å². The zero-order valence-electron chi connectivity index (χ0n) is 16.3. The maximum Gasteiger partial charge on any atom is 0.427 e. The fourth-order valence-corrected chi connectivity index (χ4v) is 2.76. The number of halogens is 3. The summed E-state index contributed by atoms with van der Waals surface area (Å²) in [6, 6.07) is 1.64. The number of amides is 1. The van der Waals surface area contributed by atoms with Crippen LogP contribution in [0.25, 0.3) is 0 Å². The van der Waals surface area contributed by atoms with Gasteiger partial charge in [0.2, 0.25) is 5.60 Å². The van der Waals surface area contributed by atoms with Gasteiger partial charge in [0.15, 0.2) is 0 Å². The molecule has 28 heavy (non-hydrogen) atoms. The van der Waals surface area contributed by atoms with Crippen LogP contribution in [0, 0.1) is 5.92 Å². The molecule has 2 heterocycles. The van der Waals surface area contributed by atoms with Crippen LogP contribution in [0.1, 0.15) is 39.3 Å². The van der Waals surface area contributed by atoms with Crippen molar-refractivity contribution in [2.24, 2.45) is 5.92 Å². The molecule has 0 spiro atoms.